The van der Waals surface area contributed by atoms with Crippen molar-refractivity contribution in [2.45, 2.75) is 40.0 Å². The molecule has 1 heterocycles. The number of nitrogens with one attached hydrogen (secondary N) is 2. The molecule has 112 valence electrons. The van der Waals surface area contributed by atoms with Crippen LogP contribution in [0.25, 0.3) is 0 Å². The Balaban J connectivity index is 2.46. The van der Waals surface area contributed by atoms with Crippen LogP contribution < -0.4 is 10.9 Å². The monoisotopic (exact) mass is 295 g/mol. The molecule has 1 aliphatic rings. The van der Waals surface area contributed by atoms with E-state index in [9.17, 15) is 0 Å². The zero-order chi connectivity index (χ0) is 15.0. The third-order valence-corrected chi connectivity index (χ3v) is 3.78. The number of hydrogen-bond acceptors (Lipinski definition) is 3. The lowest BCUT2D eigenvalue weighted by Crippen LogP contribution is -2.38. The summed E-state index contributed by atoms with van der Waals surface area (Å²) in [5.74, 6) is 0. The van der Waals surface area contributed by atoms with Crippen molar-refractivity contribution in [1.29, 1.82) is 0 Å². The summed E-state index contributed by atoms with van der Waals surface area (Å²) < 4.78 is 0. The van der Waals surface area contributed by atoms with Crippen LogP contribution in [-0.2, 0) is 0 Å². The van der Waals surface area contributed by atoms with Crippen LogP contribution in [0.1, 0.15) is 40.0 Å². The number of allylic oxidation sites excluding steroid dienone is 3. The van der Waals surface area contributed by atoms with E-state index in [1.54, 1.807) is 0 Å². The van der Waals surface area contributed by atoms with Gasteiger partial charge in [-0.05, 0) is 37.7 Å². The Kier molecular flexibility index (Phi) is 6.98. The highest BCUT2D eigenvalue weighted by Gasteiger charge is 2.26. The molecule has 0 aromatic heterocycles. The summed E-state index contributed by atoms with van der Waals surface area (Å²) in [6, 6.07) is 2.31. The fourth-order valence-electron chi connectivity index (χ4n) is 2.47. The summed E-state index contributed by atoms with van der Waals surface area (Å²) in [6.45, 7) is 9.78. The number of piperidine rings is 1. The molecule has 1 aliphatic heterocycles. The first-order valence-electron chi connectivity index (χ1n) is 7.17. The maximum atomic E-state index is 6.25. The van der Waals surface area contributed by atoms with Crippen LogP contribution in [0.3, 0.4) is 0 Å². The smallest absolute Gasteiger partial charge is 0.0383 e. The maximum absolute atomic E-state index is 6.25. The molecule has 1 rings (SSSR count). The summed E-state index contributed by atoms with van der Waals surface area (Å²) in [4.78, 5) is 2.43. The molecule has 0 unspecified atom stereocenters. The molecule has 20 heavy (non-hydrogen) atoms. The fourth-order valence-corrected chi connectivity index (χ4v) is 2.74. The Hall–Kier alpha value is -1.11. The third kappa shape index (κ3) is 6.36. The highest BCUT2D eigenvalue weighted by atomic mass is 35.5. The molecule has 4 heteroatoms. The lowest BCUT2D eigenvalue weighted by atomic mass is 9.84. The lowest BCUT2D eigenvalue weighted by Gasteiger charge is -2.39. The van der Waals surface area contributed by atoms with Gasteiger partial charge in [0.25, 0.3) is 0 Å². The first-order chi connectivity index (χ1) is 9.44. The average Bonchev–Trinajstić information content (AvgIpc) is 2.37. The van der Waals surface area contributed by atoms with Crippen LogP contribution in [0.4, 0.5) is 0 Å². The van der Waals surface area contributed by atoms with Crippen molar-refractivity contribution in [3.63, 3.8) is 0 Å². The van der Waals surface area contributed by atoms with Crippen molar-refractivity contribution in [2.24, 2.45) is 5.41 Å². The Morgan fingerprint density at radius 3 is 2.90 bits per heavy atom. The molecule has 0 bridgehead atoms. The quantitative estimate of drug-likeness (QED) is 0.259. The van der Waals surface area contributed by atoms with Crippen LogP contribution in [0.15, 0.2) is 22.9 Å². The highest BCUT2D eigenvalue weighted by Crippen LogP contribution is 2.30. The van der Waals surface area contributed by atoms with Gasteiger partial charge in [-0.1, -0.05) is 37.9 Å². The molecule has 1 saturated heterocycles. The first-order valence-corrected chi connectivity index (χ1v) is 7.55. The van der Waals surface area contributed by atoms with Gasteiger partial charge in [0.15, 0.2) is 0 Å². The molecule has 0 radical (unpaired) electrons. The first kappa shape index (κ1) is 16.9. The summed E-state index contributed by atoms with van der Waals surface area (Å²) >= 11 is 6.25. The number of nitrogens with zero attached hydrogens (tertiary/aromatic N) is 1. The van der Waals surface area contributed by atoms with Gasteiger partial charge in [-0.2, -0.15) is 0 Å². The second-order valence-electron chi connectivity index (χ2n) is 6.05. The van der Waals surface area contributed by atoms with Crippen LogP contribution in [0.5, 0.6) is 0 Å². The minimum atomic E-state index is 0.397. The fraction of sp³-hybridized carbons (Fsp3) is 0.625. The van der Waals surface area contributed by atoms with Gasteiger partial charge in [0.05, 0.1) is 0 Å². The molecule has 0 aliphatic carbocycles. The standard InChI is InChI=1S/C16H26ClN3/c1-5-18-19-10-6-8-15(17)12-14(2)20-11-7-9-16(3,4)13-20/h1,8,12,18-19H,6-7,9-11,13H2,2-4H3/b14-12+,15-8+. The number of likely N-dealkylation sites (tertiary alicyclic amines) is 1. The Labute approximate surface area is 128 Å². The molecule has 1 fully saturated rings. The summed E-state index contributed by atoms with van der Waals surface area (Å²) in [6.07, 6.45) is 12.5. The number of hydrazine groups is 1. The van der Waals surface area contributed by atoms with E-state index >= 15 is 0 Å². The van der Waals surface area contributed by atoms with Crippen LogP contribution >= 0.6 is 11.6 Å². The molecule has 3 nitrogen and oxygen atoms in total. The summed E-state index contributed by atoms with van der Waals surface area (Å²) in [5, 5.41) is 0.786. The Morgan fingerprint density at radius 1 is 1.50 bits per heavy atom. The second-order valence-corrected chi connectivity index (χ2v) is 6.49. The predicted molar refractivity (Wildman–Crippen MR) is 86.9 cm³/mol. The van der Waals surface area contributed by atoms with E-state index in [1.807, 2.05) is 6.08 Å². The van der Waals surface area contributed by atoms with Crippen LogP contribution in [-0.4, -0.2) is 24.5 Å². The van der Waals surface area contributed by atoms with Crippen molar-refractivity contribution >= 4 is 11.6 Å². The lowest BCUT2D eigenvalue weighted by molar-refractivity contribution is 0.149. The minimum absolute atomic E-state index is 0.397. The van der Waals surface area contributed by atoms with Gasteiger partial charge in [0, 0.05) is 36.4 Å². The summed E-state index contributed by atoms with van der Waals surface area (Å²) in [7, 11) is 0. The van der Waals surface area contributed by atoms with Crippen LogP contribution in [0.2, 0.25) is 0 Å². The molecule has 0 saturated carbocycles. The summed E-state index contributed by atoms with van der Waals surface area (Å²) in [5.41, 5.74) is 7.14. The van der Waals surface area contributed by atoms with Crippen molar-refractivity contribution in [1.82, 2.24) is 15.8 Å². The molecule has 0 aromatic carbocycles. The van der Waals surface area contributed by atoms with E-state index in [4.69, 9.17) is 18.0 Å². The number of hydrogen-bond donors (Lipinski definition) is 2. The van der Waals surface area contributed by atoms with Crippen molar-refractivity contribution in [3.05, 3.63) is 22.9 Å². The molecule has 0 atom stereocenters. The van der Waals surface area contributed by atoms with Gasteiger partial charge in [-0.15, -0.1) is 0 Å². The largest absolute Gasteiger partial charge is 0.374 e. The zero-order valence-corrected chi connectivity index (χ0v) is 13.6. The van der Waals surface area contributed by atoms with Gasteiger partial charge in [0.2, 0.25) is 0 Å². The maximum Gasteiger partial charge on any atom is 0.0383 e. The second kappa shape index (κ2) is 8.24. The number of rotatable bonds is 6. The Bertz CT molecular complexity index is 404. The molecule has 0 aromatic rings. The van der Waals surface area contributed by atoms with Gasteiger partial charge in [-0.25, -0.2) is 5.43 Å². The Morgan fingerprint density at radius 2 is 2.25 bits per heavy atom. The van der Waals surface area contributed by atoms with E-state index in [-0.39, 0.29) is 0 Å². The van der Waals surface area contributed by atoms with E-state index in [0.717, 1.165) is 31.1 Å². The zero-order valence-electron chi connectivity index (χ0n) is 12.8. The molecule has 2 N–H and O–H groups in total. The average molecular weight is 296 g/mol. The van der Waals surface area contributed by atoms with E-state index in [0.29, 0.717) is 5.41 Å². The molecule has 0 amide bonds. The van der Waals surface area contributed by atoms with Gasteiger partial charge in [0.1, 0.15) is 0 Å². The van der Waals surface area contributed by atoms with E-state index < -0.39 is 0 Å². The minimum Gasteiger partial charge on any atom is -0.374 e. The van der Waals surface area contributed by atoms with Gasteiger partial charge < -0.3 is 4.90 Å². The third-order valence-electron chi connectivity index (χ3n) is 3.52. The van der Waals surface area contributed by atoms with Crippen molar-refractivity contribution < 1.29 is 0 Å². The molecular weight excluding hydrogens is 270 g/mol. The van der Waals surface area contributed by atoms with Gasteiger partial charge in [-0.3, -0.25) is 5.43 Å². The topological polar surface area (TPSA) is 27.3 Å². The van der Waals surface area contributed by atoms with E-state index in [2.05, 4.69) is 48.6 Å². The van der Waals surface area contributed by atoms with E-state index in [1.165, 1.54) is 18.5 Å². The van der Waals surface area contributed by atoms with Crippen molar-refractivity contribution in [3.8, 4) is 12.5 Å². The number of terminal acetylenes is 1. The molecule has 0 spiro atoms. The normalized spacial score (nSPS) is 19.6. The van der Waals surface area contributed by atoms with Gasteiger partial charge >= 0.3 is 0 Å². The van der Waals surface area contributed by atoms with Crippen molar-refractivity contribution in [2.75, 3.05) is 19.6 Å². The number of halogens is 1. The SMILES string of the molecule is C#CNNCC/C=C(Cl)\C=C(/C)N1CCCC(C)(C)C1. The predicted octanol–water partition coefficient (Wildman–Crippen LogP) is 3.21. The molecular formula is C16H26ClN3. The van der Waals surface area contributed by atoms with Crippen LogP contribution in [0, 0.1) is 17.9 Å². The highest BCUT2D eigenvalue weighted by molar-refractivity contribution is 6.31.